The molecule has 0 bridgehead atoms. The van der Waals surface area contributed by atoms with Gasteiger partial charge in [-0.2, -0.15) is 0 Å². The zero-order valence-electron chi connectivity index (χ0n) is 18.0. The fraction of sp³-hybridized carbons (Fsp3) is 0.458. The molecule has 1 N–H and O–H groups in total. The van der Waals surface area contributed by atoms with E-state index in [-0.39, 0.29) is 29.3 Å². The molecule has 0 spiro atoms. The molecule has 5 rings (SSSR count). The zero-order valence-corrected chi connectivity index (χ0v) is 18.0. The lowest BCUT2D eigenvalue weighted by Gasteiger charge is -2.31. The van der Waals surface area contributed by atoms with Crippen molar-refractivity contribution in [2.24, 2.45) is 5.92 Å². The van der Waals surface area contributed by atoms with E-state index >= 15 is 0 Å². The second kappa shape index (κ2) is 8.68. The highest BCUT2D eigenvalue weighted by Gasteiger charge is 2.36. The number of pyridine rings is 1. The highest BCUT2D eigenvalue weighted by molar-refractivity contribution is 5.94. The molecule has 1 fully saturated rings. The standard InChI is InChI=1S/C24H27N5O3/c30-22-18-10-14-28(23(31)17-8-11-25-12-9-17)15-19(18)26-21(27-22)20-7-4-13-29(20)24(32)16-5-2-1-3-6-16/h1-2,8-9,11-12,16,20H,3-7,10,13-15H2,(H,26,27,30)/t16-,20-/m1/s1. The summed E-state index contributed by atoms with van der Waals surface area (Å²) in [5.74, 6) is 0.624. The van der Waals surface area contributed by atoms with Crippen LogP contribution < -0.4 is 5.56 Å². The molecule has 3 aliphatic rings. The maximum Gasteiger partial charge on any atom is 0.254 e. The molecule has 32 heavy (non-hydrogen) atoms. The molecule has 0 unspecified atom stereocenters. The van der Waals surface area contributed by atoms with E-state index in [2.05, 4.69) is 22.1 Å². The minimum absolute atomic E-state index is 0.0124. The second-order valence-electron chi connectivity index (χ2n) is 8.76. The van der Waals surface area contributed by atoms with Gasteiger partial charge in [0, 0.05) is 42.5 Å². The second-order valence-corrected chi connectivity index (χ2v) is 8.76. The smallest absolute Gasteiger partial charge is 0.254 e. The predicted molar refractivity (Wildman–Crippen MR) is 118 cm³/mol. The Kier molecular flexibility index (Phi) is 5.59. The van der Waals surface area contributed by atoms with Crippen molar-refractivity contribution in [3.63, 3.8) is 0 Å². The number of fused-ring (bicyclic) bond motifs is 1. The summed E-state index contributed by atoms with van der Waals surface area (Å²) in [6.07, 6.45) is 12.2. The molecule has 2 aliphatic heterocycles. The van der Waals surface area contributed by atoms with Gasteiger partial charge in [-0.1, -0.05) is 12.2 Å². The molecule has 2 aromatic heterocycles. The van der Waals surface area contributed by atoms with E-state index in [9.17, 15) is 14.4 Å². The summed E-state index contributed by atoms with van der Waals surface area (Å²) in [6, 6.07) is 3.17. The molecular formula is C24H27N5O3. The van der Waals surface area contributed by atoms with Crippen molar-refractivity contribution in [2.45, 2.75) is 51.1 Å². The van der Waals surface area contributed by atoms with Crippen molar-refractivity contribution < 1.29 is 9.59 Å². The first-order chi connectivity index (χ1) is 15.6. The molecule has 0 saturated carbocycles. The van der Waals surface area contributed by atoms with Crippen molar-refractivity contribution >= 4 is 11.8 Å². The van der Waals surface area contributed by atoms with E-state index in [1.54, 1.807) is 29.4 Å². The van der Waals surface area contributed by atoms with E-state index in [0.717, 1.165) is 32.1 Å². The van der Waals surface area contributed by atoms with Crippen molar-refractivity contribution in [2.75, 3.05) is 13.1 Å². The van der Waals surface area contributed by atoms with Crippen LogP contribution in [0.25, 0.3) is 0 Å². The van der Waals surface area contributed by atoms with E-state index in [4.69, 9.17) is 4.98 Å². The summed E-state index contributed by atoms with van der Waals surface area (Å²) < 4.78 is 0. The topological polar surface area (TPSA) is 99.3 Å². The van der Waals surface area contributed by atoms with Crippen molar-refractivity contribution in [1.29, 1.82) is 0 Å². The Morgan fingerprint density at radius 3 is 2.72 bits per heavy atom. The van der Waals surface area contributed by atoms with Gasteiger partial charge in [0.05, 0.1) is 18.3 Å². The Hall–Kier alpha value is -3.29. The number of carbonyl (C=O) groups excluding carboxylic acids is 2. The van der Waals surface area contributed by atoms with E-state index in [0.29, 0.717) is 48.7 Å². The summed E-state index contributed by atoms with van der Waals surface area (Å²) in [5.41, 5.74) is 1.70. The lowest BCUT2D eigenvalue weighted by molar-refractivity contribution is -0.136. The van der Waals surface area contributed by atoms with E-state index in [1.165, 1.54) is 0 Å². The lowest BCUT2D eigenvalue weighted by Crippen LogP contribution is -2.41. The van der Waals surface area contributed by atoms with Gasteiger partial charge in [-0.05, 0) is 50.7 Å². The number of H-pyrrole nitrogens is 1. The number of rotatable bonds is 3. The lowest BCUT2D eigenvalue weighted by atomic mass is 9.93. The monoisotopic (exact) mass is 433 g/mol. The van der Waals surface area contributed by atoms with Gasteiger partial charge in [0.2, 0.25) is 5.91 Å². The van der Waals surface area contributed by atoms with Crippen LogP contribution in [0.15, 0.2) is 41.5 Å². The number of aromatic amines is 1. The largest absolute Gasteiger partial charge is 0.332 e. The first-order valence-corrected chi connectivity index (χ1v) is 11.4. The summed E-state index contributed by atoms with van der Waals surface area (Å²) >= 11 is 0. The molecule has 0 radical (unpaired) electrons. The Labute approximate surface area is 186 Å². The number of carbonyl (C=O) groups is 2. The third kappa shape index (κ3) is 3.85. The average Bonchev–Trinajstić information content (AvgIpc) is 3.34. The van der Waals surface area contributed by atoms with Gasteiger partial charge in [-0.15, -0.1) is 0 Å². The number of allylic oxidation sites excluding steroid dienone is 2. The number of hydrogen-bond acceptors (Lipinski definition) is 5. The van der Waals surface area contributed by atoms with Crippen LogP contribution in [0, 0.1) is 5.92 Å². The van der Waals surface area contributed by atoms with Crippen LogP contribution in [-0.4, -0.2) is 49.7 Å². The number of nitrogens with one attached hydrogen (secondary N) is 1. The van der Waals surface area contributed by atoms with Crippen LogP contribution in [0.2, 0.25) is 0 Å². The van der Waals surface area contributed by atoms with Crippen LogP contribution in [-0.2, 0) is 17.8 Å². The maximum atomic E-state index is 13.2. The molecule has 2 amide bonds. The Morgan fingerprint density at radius 1 is 1.09 bits per heavy atom. The van der Waals surface area contributed by atoms with E-state index < -0.39 is 0 Å². The fourth-order valence-electron chi connectivity index (χ4n) is 5.03. The average molecular weight is 434 g/mol. The number of hydrogen-bond donors (Lipinski definition) is 1. The van der Waals surface area contributed by atoms with Gasteiger partial charge in [-0.3, -0.25) is 19.4 Å². The first kappa shape index (κ1) is 20.6. The van der Waals surface area contributed by atoms with Crippen LogP contribution in [0.3, 0.4) is 0 Å². The van der Waals surface area contributed by atoms with Crippen molar-refractivity contribution in [3.8, 4) is 0 Å². The highest BCUT2D eigenvalue weighted by atomic mass is 16.2. The summed E-state index contributed by atoms with van der Waals surface area (Å²) in [4.78, 5) is 54.2. The van der Waals surface area contributed by atoms with Gasteiger partial charge in [0.1, 0.15) is 5.82 Å². The fourth-order valence-corrected chi connectivity index (χ4v) is 5.03. The van der Waals surface area contributed by atoms with E-state index in [1.807, 2.05) is 4.90 Å². The molecule has 4 heterocycles. The molecule has 8 nitrogen and oxygen atoms in total. The molecule has 166 valence electrons. The summed E-state index contributed by atoms with van der Waals surface area (Å²) in [5, 5.41) is 0. The van der Waals surface area contributed by atoms with Gasteiger partial charge < -0.3 is 14.8 Å². The molecular weight excluding hydrogens is 406 g/mol. The highest BCUT2D eigenvalue weighted by Crippen LogP contribution is 2.33. The summed E-state index contributed by atoms with van der Waals surface area (Å²) in [7, 11) is 0. The minimum Gasteiger partial charge on any atom is -0.332 e. The minimum atomic E-state index is -0.210. The molecule has 1 saturated heterocycles. The maximum absolute atomic E-state index is 13.2. The molecule has 1 aliphatic carbocycles. The predicted octanol–water partition coefficient (Wildman–Crippen LogP) is 2.38. The number of aromatic nitrogens is 3. The number of nitrogens with zero attached hydrogens (tertiary/aromatic N) is 4. The van der Waals surface area contributed by atoms with Crippen molar-refractivity contribution in [1.82, 2.24) is 24.8 Å². The normalized spacial score (nSPS) is 22.6. The Bertz CT molecular complexity index is 1110. The number of likely N-dealkylation sites (tertiary alicyclic amines) is 1. The third-order valence-electron chi connectivity index (χ3n) is 6.78. The van der Waals surface area contributed by atoms with Gasteiger partial charge in [-0.25, -0.2) is 4.98 Å². The van der Waals surface area contributed by atoms with Crippen LogP contribution in [0.1, 0.15) is 65.6 Å². The SMILES string of the molecule is O=C(c1ccncc1)N1CCc2c(nc([C@H]3CCCN3C(=O)[C@@H]3CC=CCC3)[nH]c2=O)C1. The van der Waals surface area contributed by atoms with Gasteiger partial charge >= 0.3 is 0 Å². The summed E-state index contributed by atoms with van der Waals surface area (Å²) in [6.45, 7) is 1.46. The van der Waals surface area contributed by atoms with Gasteiger partial charge in [0.15, 0.2) is 0 Å². The zero-order chi connectivity index (χ0) is 22.1. The Balaban J connectivity index is 1.39. The van der Waals surface area contributed by atoms with Crippen LogP contribution >= 0.6 is 0 Å². The molecule has 8 heteroatoms. The number of amides is 2. The first-order valence-electron chi connectivity index (χ1n) is 11.4. The Morgan fingerprint density at radius 2 is 1.94 bits per heavy atom. The van der Waals surface area contributed by atoms with Gasteiger partial charge in [0.25, 0.3) is 11.5 Å². The molecule has 2 atom stereocenters. The van der Waals surface area contributed by atoms with Crippen molar-refractivity contribution in [3.05, 3.63) is 69.7 Å². The van der Waals surface area contributed by atoms with Crippen LogP contribution in [0.5, 0.6) is 0 Å². The molecule has 0 aromatic carbocycles. The van der Waals surface area contributed by atoms with Crippen LogP contribution in [0.4, 0.5) is 0 Å². The molecule has 2 aromatic rings. The third-order valence-corrected chi connectivity index (χ3v) is 6.78. The quantitative estimate of drug-likeness (QED) is 0.750.